The van der Waals surface area contributed by atoms with Gasteiger partial charge in [0.15, 0.2) is 0 Å². The molecule has 2 aliphatic heterocycles. The van der Waals surface area contributed by atoms with Crippen molar-refractivity contribution in [2.24, 2.45) is 17.4 Å². The Morgan fingerprint density at radius 2 is 2.12 bits per heavy atom. The van der Waals surface area contributed by atoms with Gasteiger partial charge in [-0.05, 0) is 31.2 Å². The van der Waals surface area contributed by atoms with Crippen LogP contribution in [0.1, 0.15) is 27.2 Å². The van der Waals surface area contributed by atoms with Crippen molar-refractivity contribution in [1.29, 1.82) is 0 Å². The molecule has 3 nitrogen and oxygen atoms in total. The normalized spacial score (nSPS) is 46.9. The number of hydrogen-bond donors (Lipinski definition) is 3. The van der Waals surface area contributed by atoms with E-state index in [0.29, 0.717) is 18.0 Å². The summed E-state index contributed by atoms with van der Waals surface area (Å²) >= 11 is 0. The maximum Gasteiger partial charge on any atom is 0.0415 e. The van der Waals surface area contributed by atoms with Gasteiger partial charge in [0.2, 0.25) is 0 Å². The molecule has 2 fully saturated rings. The lowest BCUT2D eigenvalue weighted by Gasteiger charge is -2.45. The van der Waals surface area contributed by atoms with Crippen LogP contribution in [0.15, 0.2) is 11.4 Å². The minimum absolute atomic E-state index is 0.0509. The van der Waals surface area contributed by atoms with Gasteiger partial charge in [-0.15, -0.1) is 0 Å². The highest BCUT2D eigenvalue weighted by Gasteiger charge is 2.44. The van der Waals surface area contributed by atoms with E-state index in [2.05, 4.69) is 38.8 Å². The Morgan fingerprint density at radius 3 is 2.50 bits per heavy atom. The van der Waals surface area contributed by atoms with Crippen LogP contribution in [0.4, 0.5) is 0 Å². The molecule has 0 saturated carbocycles. The van der Waals surface area contributed by atoms with E-state index < -0.39 is 0 Å². The molecule has 2 heterocycles. The molecule has 0 radical (unpaired) electrons. The molecule has 2 saturated heterocycles. The third-order valence-electron chi connectivity index (χ3n) is 3.92. The van der Waals surface area contributed by atoms with Gasteiger partial charge in [-0.25, -0.2) is 0 Å². The summed E-state index contributed by atoms with van der Waals surface area (Å²) in [5.74, 6) is 0.679. The van der Waals surface area contributed by atoms with Gasteiger partial charge < -0.3 is 16.8 Å². The predicted octanol–water partition coefficient (Wildman–Crippen LogP) is 1.38. The molecular weight excluding hydrogens is 217 g/mol. The van der Waals surface area contributed by atoms with Crippen molar-refractivity contribution in [3.63, 3.8) is 0 Å². The highest BCUT2D eigenvalue weighted by molar-refractivity contribution is 7.64. The second kappa shape index (κ2) is 4.06. The van der Waals surface area contributed by atoms with Crippen LogP contribution in [0.2, 0.25) is 0 Å². The second-order valence-electron chi connectivity index (χ2n) is 5.79. The molecule has 16 heavy (non-hydrogen) atoms. The van der Waals surface area contributed by atoms with E-state index in [-0.39, 0.29) is 19.2 Å². The van der Waals surface area contributed by atoms with Gasteiger partial charge in [0.05, 0.1) is 0 Å². The Kier molecular flexibility index (Phi) is 3.17. The molecule has 0 aromatic carbocycles. The molecule has 5 N–H and O–H groups in total. The number of nitrogens with one attached hydrogen (secondary N) is 1. The Balaban J connectivity index is 1.90. The van der Waals surface area contributed by atoms with Crippen LogP contribution in [0, 0.1) is 5.92 Å². The van der Waals surface area contributed by atoms with Gasteiger partial charge in [-0.1, -0.05) is 27.8 Å². The van der Waals surface area contributed by atoms with Crippen LogP contribution in [-0.2, 0) is 0 Å². The molecular formula is C12H24N3P. The molecule has 2 aliphatic rings. The summed E-state index contributed by atoms with van der Waals surface area (Å²) < 4.78 is 0. The lowest BCUT2D eigenvalue weighted by Crippen LogP contribution is -2.42. The maximum atomic E-state index is 6.20. The third-order valence-corrected chi connectivity index (χ3v) is 6.78. The van der Waals surface area contributed by atoms with Gasteiger partial charge in [0.25, 0.3) is 0 Å². The zero-order chi connectivity index (χ0) is 12.1. The van der Waals surface area contributed by atoms with Crippen molar-refractivity contribution in [2.45, 2.75) is 50.6 Å². The van der Waals surface area contributed by atoms with E-state index >= 15 is 0 Å². The van der Waals surface area contributed by atoms with Crippen LogP contribution in [0.3, 0.4) is 0 Å². The third kappa shape index (κ3) is 2.19. The fraction of sp³-hybridized carbons (Fsp3) is 0.833. The minimum Gasteiger partial charge on any atom is -0.323 e. The highest BCUT2D eigenvalue weighted by Crippen LogP contribution is 2.64. The molecule has 0 aliphatic carbocycles. The number of nitrogens with two attached hydrogens (primary N) is 2. The first-order valence-electron chi connectivity index (χ1n) is 6.08. The molecule has 0 bridgehead atoms. The molecule has 4 heteroatoms. The second-order valence-corrected chi connectivity index (χ2v) is 8.50. The topological polar surface area (TPSA) is 74.0 Å². The van der Waals surface area contributed by atoms with Gasteiger partial charge in [-0.2, -0.15) is 0 Å². The first kappa shape index (κ1) is 12.5. The summed E-state index contributed by atoms with van der Waals surface area (Å²) in [5, 5.41) is 5.02. The van der Waals surface area contributed by atoms with Crippen molar-refractivity contribution in [3.05, 3.63) is 11.4 Å². The Bertz CT molecular complexity index is 311. The largest absolute Gasteiger partial charge is 0.323 e. The average Bonchev–Trinajstić information content (AvgIpc) is 2.95. The van der Waals surface area contributed by atoms with E-state index in [9.17, 15) is 0 Å². The smallest absolute Gasteiger partial charge is 0.0415 e. The first-order chi connectivity index (χ1) is 7.33. The summed E-state index contributed by atoms with van der Waals surface area (Å²) in [7, 11) is -0.152. The summed E-state index contributed by atoms with van der Waals surface area (Å²) in [6.45, 7) is 8.89. The van der Waals surface area contributed by atoms with Crippen LogP contribution in [0.5, 0.6) is 0 Å². The van der Waals surface area contributed by atoms with E-state index in [1.165, 1.54) is 5.31 Å². The van der Waals surface area contributed by atoms with E-state index in [1.807, 2.05) is 0 Å². The predicted molar refractivity (Wildman–Crippen MR) is 71.7 cm³/mol. The van der Waals surface area contributed by atoms with Crippen LogP contribution in [-0.4, -0.2) is 30.1 Å². The van der Waals surface area contributed by atoms with E-state index in [0.717, 1.165) is 6.42 Å². The van der Waals surface area contributed by atoms with Gasteiger partial charge >= 0.3 is 0 Å². The molecule has 0 aromatic rings. The van der Waals surface area contributed by atoms with Gasteiger partial charge in [0, 0.05) is 23.4 Å². The molecule has 5 atom stereocenters. The standard InChI is InChI=1S/C12H24N3P/c1-7(2)10-11(15-10)9(13)5-8-6-12(3,14)16(8)4/h5,7,9-11,15H,6,13-14H2,1-4H3/b8-5-. The molecule has 2 rings (SSSR count). The SMILES string of the molecule is CC(C)C1NC1C(N)/C=C1/CC(C)(N)P1C. The maximum absolute atomic E-state index is 6.20. The van der Waals surface area contributed by atoms with E-state index in [1.54, 1.807) is 0 Å². The fourth-order valence-electron chi connectivity index (χ4n) is 2.46. The molecule has 0 aromatic heterocycles. The van der Waals surface area contributed by atoms with Crippen LogP contribution >= 0.6 is 7.92 Å². The summed E-state index contributed by atoms with van der Waals surface area (Å²) in [6.07, 6.45) is 3.29. The first-order valence-corrected chi connectivity index (χ1v) is 7.87. The zero-order valence-electron chi connectivity index (χ0n) is 10.7. The lowest BCUT2D eigenvalue weighted by molar-refractivity contribution is 0.597. The van der Waals surface area contributed by atoms with Crippen LogP contribution < -0.4 is 16.8 Å². The van der Waals surface area contributed by atoms with E-state index in [4.69, 9.17) is 11.5 Å². The lowest BCUT2D eigenvalue weighted by atomic mass is 10.0. The molecule has 0 spiro atoms. The van der Waals surface area contributed by atoms with Crippen molar-refractivity contribution in [2.75, 3.05) is 6.66 Å². The van der Waals surface area contributed by atoms with Crippen LogP contribution in [0.25, 0.3) is 0 Å². The summed E-state index contributed by atoms with van der Waals surface area (Å²) in [6, 6.07) is 1.27. The van der Waals surface area contributed by atoms with Gasteiger partial charge in [-0.3, -0.25) is 0 Å². The molecule has 0 amide bonds. The Morgan fingerprint density at radius 1 is 1.50 bits per heavy atom. The van der Waals surface area contributed by atoms with Crippen molar-refractivity contribution in [1.82, 2.24) is 5.32 Å². The van der Waals surface area contributed by atoms with Crippen molar-refractivity contribution < 1.29 is 0 Å². The zero-order valence-corrected chi connectivity index (χ0v) is 11.6. The monoisotopic (exact) mass is 241 g/mol. The highest BCUT2D eigenvalue weighted by atomic mass is 31.1. The molecule has 5 unspecified atom stereocenters. The summed E-state index contributed by atoms with van der Waals surface area (Å²) in [5.41, 5.74) is 12.3. The molecule has 92 valence electrons. The Hall–Kier alpha value is 0.0500. The average molecular weight is 241 g/mol. The quantitative estimate of drug-likeness (QED) is 0.516. The number of rotatable bonds is 3. The number of hydrogen-bond acceptors (Lipinski definition) is 3. The Labute approximate surface area is 99.8 Å². The fourth-order valence-corrected chi connectivity index (χ4v) is 4.22. The minimum atomic E-state index is -0.152. The van der Waals surface area contributed by atoms with Gasteiger partial charge in [0.1, 0.15) is 0 Å². The van der Waals surface area contributed by atoms with Crippen molar-refractivity contribution in [3.8, 4) is 0 Å². The summed E-state index contributed by atoms with van der Waals surface area (Å²) in [4.78, 5) is 0. The van der Waals surface area contributed by atoms with Crippen molar-refractivity contribution >= 4 is 7.92 Å².